The maximum atomic E-state index is 11.6. The molecule has 1 N–H and O–H groups in total. The van der Waals surface area contributed by atoms with Crippen molar-refractivity contribution in [2.75, 3.05) is 12.4 Å². The minimum Gasteiger partial charge on any atom is -0.465 e. The Morgan fingerprint density at radius 1 is 1.12 bits per heavy atom. The van der Waals surface area contributed by atoms with Crippen molar-refractivity contribution in [3.8, 4) is 11.3 Å². The summed E-state index contributed by atoms with van der Waals surface area (Å²) in [5.74, 6) is -0.0351. The van der Waals surface area contributed by atoms with Crippen LogP contribution in [0.3, 0.4) is 0 Å². The quantitative estimate of drug-likeness (QED) is 0.717. The zero-order valence-electron chi connectivity index (χ0n) is 12.9. The van der Waals surface area contributed by atoms with E-state index < -0.39 is 5.97 Å². The molecule has 0 aliphatic carbocycles. The third-order valence-corrected chi connectivity index (χ3v) is 3.67. The molecule has 6 heteroatoms. The van der Waals surface area contributed by atoms with E-state index in [-0.39, 0.29) is 0 Å². The molecular weight excluding hydrogens is 326 g/mol. The lowest BCUT2D eigenvalue weighted by Gasteiger charge is -2.08. The third kappa shape index (κ3) is 3.52. The Hall–Kier alpha value is -2.92. The lowest BCUT2D eigenvalue weighted by molar-refractivity contribution is 0.0601. The fourth-order valence-corrected chi connectivity index (χ4v) is 2.44. The summed E-state index contributed by atoms with van der Waals surface area (Å²) in [4.78, 5) is 20.2. The Morgan fingerprint density at radius 3 is 2.62 bits per heavy atom. The number of aromatic nitrogens is 2. The SMILES string of the molecule is COC(=O)c1ccc(Nc2nccc(-c3ccccc3)n2)cc1Cl. The average Bonchev–Trinajstić information content (AvgIpc) is 2.62. The number of methoxy groups -OCH3 is 1. The highest BCUT2D eigenvalue weighted by molar-refractivity contribution is 6.33. The van der Waals surface area contributed by atoms with Crippen molar-refractivity contribution in [2.45, 2.75) is 0 Å². The minimum absolute atomic E-state index is 0.297. The van der Waals surface area contributed by atoms with E-state index in [4.69, 9.17) is 11.6 Å². The zero-order chi connectivity index (χ0) is 16.9. The fourth-order valence-electron chi connectivity index (χ4n) is 2.19. The van der Waals surface area contributed by atoms with Crippen LogP contribution in [0.5, 0.6) is 0 Å². The first-order valence-electron chi connectivity index (χ1n) is 7.21. The number of hydrogen-bond donors (Lipinski definition) is 1. The van der Waals surface area contributed by atoms with Gasteiger partial charge in [0.15, 0.2) is 0 Å². The van der Waals surface area contributed by atoms with Gasteiger partial charge in [0.1, 0.15) is 0 Å². The van der Waals surface area contributed by atoms with Crippen molar-refractivity contribution in [1.82, 2.24) is 9.97 Å². The maximum Gasteiger partial charge on any atom is 0.339 e. The highest BCUT2D eigenvalue weighted by Crippen LogP contribution is 2.24. The number of esters is 1. The van der Waals surface area contributed by atoms with E-state index in [1.807, 2.05) is 36.4 Å². The second-order valence-electron chi connectivity index (χ2n) is 4.94. The summed E-state index contributed by atoms with van der Waals surface area (Å²) >= 11 is 6.11. The van der Waals surface area contributed by atoms with Crippen LogP contribution in [0.1, 0.15) is 10.4 Å². The summed E-state index contributed by atoms with van der Waals surface area (Å²) in [6, 6.07) is 16.6. The molecule has 0 unspecified atom stereocenters. The van der Waals surface area contributed by atoms with Crippen molar-refractivity contribution in [1.29, 1.82) is 0 Å². The molecule has 0 atom stereocenters. The van der Waals surface area contributed by atoms with Gasteiger partial charge in [0.2, 0.25) is 5.95 Å². The van der Waals surface area contributed by atoms with E-state index in [0.29, 0.717) is 22.2 Å². The van der Waals surface area contributed by atoms with E-state index in [1.54, 1.807) is 24.4 Å². The summed E-state index contributed by atoms with van der Waals surface area (Å²) in [5, 5.41) is 3.38. The van der Waals surface area contributed by atoms with Gasteiger partial charge in [-0.15, -0.1) is 0 Å². The van der Waals surface area contributed by atoms with Crippen LogP contribution in [0.2, 0.25) is 5.02 Å². The Bertz CT molecular complexity index is 869. The lowest BCUT2D eigenvalue weighted by atomic mass is 10.1. The van der Waals surface area contributed by atoms with Crippen LogP contribution in [0.25, 0.3) is 11.3 Å². The molecule has 2 aromatic carbocycles. The van der Waals surface area contributed by atoms with Crippen molar-refractivity contribution in [3.05, 3.63) is 71.4 Å². The predicted molar refractivity (Wildman–Crippen MR) is 93.5 cm³/mol. The molecule has 0 aliphatic heterocycles. The van der Waals surface area contributed by atoms with Gasteiger partial charge in [-0.2, -0.15) is 0 Å². The normalized spacial score (nSPS) is 10.2. The van der Waals surface area contributed by atoms with Gasteiger partial charge in [-0.25, -0.2) is 14.8 Å². The van der Waals surface area contributed by atoms with Crippen LogP contribution in [0, 0.1) is 0 Å². The average molecular weight is 340 g/mol. The van der Waals surface area contributed by atoms with Gasteiger partial charge in [-0.1, -0.05) is 41.9 Å². The van der Waals surface area contributed by atoms with Gasteiger partial charge in [0, 0.05) is 17.4 Å². The first-order valence-corrected chi connectivity index (χ1v) is 7.58. The number of carbonyl (C=O) groups excluding carboxylic acids is 1. The Morgan fingerprint density at radius 2 is 1.92 bits per heavy atom. The number of nitrogens with zero attached hydrogens (tertiary/aromatic N) is 2. The molecule has 0 aliphatic rings. The molecule has 0 saturated carbocycles. The molecular formula is C18H14ClN3O2. The molecule has 120 valence electrons. The predicted octanol–water partition coefficient (Wildman–Crippen LogP) is 4.33. The summed E-state index contributed by atoms with van der Waals surface area (Å²) in [6.07, 6.45) is 1.68. The molecule has 3 aromatic rings. The molecule has 0 radical (unpaired) electrons. The van der Waals surface area contributed by atoms with Gasteiger partial charge in [0.25, 0.3) is 0 Å². The molecule has 1 heterocycles. The molecule has 1 aromatic heterocycles. The van der Waals surface area contributed by atoms with E-state index in [0.717, 1.165) is 11.3 Å². The van der Waals surface area contributed by atoms with Crippen molar-refractivity contribution < 1.29 is 9.53 Å². The number of anilines is 2. The standard InChI is InChI=1S/C18H14ClN3O2/c1-24-17(23)14-8-7-13(11-15(14)19)21-18-20-10-9-16(22-18)12-5-3-2-4-6-12/h2-11H,1H3,(H,20,21,22). The van der Waals surface area contributed by atoms with E-state index >= 15 is 0 Å². The van der Waals surface area contributed by atoms with Crippen LogP contribution in [0.15, 0.2) is 60.8 Å². The summed E-state index contributed by atoms with van der Waals surface area (Å²) in [6.45, 7) is 0. The number of carbonyl (C=O) groups is 1. The van der Waals surface area contributed by atoms with Crippen molar-refractivity contribution >= 4 is 29.2 Å². The van der Waals surface area contributed by atoms with Crippen molar-refractivity contribution in [2.24, 2.45) is 0 Å². The van der Waals surface area contributed by atoms with Crippen LogP contribution in [-0.4, -0.2) is 23.0 Å². The highest BCUT2D eigenvalue weighted by Gasteiger charge is 2.11. The molecule has 24 heavy (non-hydrogen) atoms. The monoisotopic (exact) mass is 339 g/mol. The molecule has 0 amide bonds. The third-order valence-electron chi connectivity index (χ3n) is 3.36. The highest BCUT2D eigenvalue weighted by atomic mass is 35.5. The lowest BCUT2D eigenvalue weighted by Crippen LogP contribution is -2.03. The number of rotatable bonds is 4. The van der Waals surface area contributed by atoms with Crippen LogP contribution in [0.4, 0.5) is 11.6 Å². The topological polar surface area (TPSA) is 64.1 Å². The smallest absolute Gasteiger partial charge is 0.339 e. The maximum absolute atomic E-state index is 11.6. The van der Waals surface area contributed by atoms with Crippen LogP contribution >= 0.6 is 11.6 Å². The van der Waals surface area contributed by atoms with E-state index in [9.17, 15) is 4.79 Å². The molecule has 0 saturated heterocycles. The van der Waals surface area contributed by atoms with Gasteiger partial charge in [0.05, 0.1) is 23.4 Å². The molecule has 3 rings (SSSR count). The van der Waals surface area contributed by atoms with E-state index in [1.165, 1.54) is 7.11 Å². The first kappa shape index (κ1) is 16.0. The first-order chi connectivity index (χ1) is 11.7. The van der Waals surface area contributed by atoms with Crippen LogP contribution in [-0.2, 0) is 4.74 Å². The number of benzene rings is 2. The molecule has 0 bridgehead atoms. The second kappa shape index (κ2) is 7.10. The number of hydrogen-bond acceptors (Lipinski definition) is 5. The Labute approximate surface area is 144 Å². The summed E-state index contributed by atoms with van der Waals surface area (Å²) in [7, 11) is 1.31. The van der Waals surface area contributed by atoms with Gasteiger partial charge in [-0.05, 0) is 24.3 Å². The van der Waals surface area contributed by atoms with Gasteiger partial charge >= 0.3 is 5.97 Å². The summed E-state index contributed by atoms with van der Waals surface area (Å²) in [5.41, 5.74) is 2.80. The second-order valence-corrected chi connectivity index (χ2v) is 5.35. The largest absolute Gasteiger partial charge is 0.465 e. The Kier molecular flexibility index (Phi) is 4.72. The van der Waals surface area contributed by atoms with E-state index in [2.05, 4.69) is 20.0 Å². The van der Waals surface area contributed by atoms with Crippen LogP contribution < -0.4 is 5.32 Å². The molecule has 0 fully saturated rings. The number of halogens is 1. The minimum atomic E-state index is -0.478. The number of nitrogens with one attached hydrogen (secondary N) is 1. The molecule has 5 nitrogen and oxygen atoms in total. The Balaban J connectivity index is 1.84. The number of ether oxygens (including phenoxy) is 1. The molecule has 0 spiro atoms. The fraction of sp³-hybridized carbons (Fsp3) is 0.0556. The summed E-state index contributed by atoms with van der Waals surface area (Å²) < 4.78 is 4.67. The van der Waals surface area contributed by atoms with Crippen molar-refractivity contribution in [3.63, 3.8) is 0 Å². The van der Waals surface area contributed by atoms with Gasteiger partial charge in [-0.3, -0.25) is 0 Å². The van der Waals surface area contributed by atoms with Gasteiger partial charge < -0.3 is 10.1 Å². The zero-order valence-corrected chi connectivity index (χ0v) is 13.6.